The topological polar surface area (TPSA) is 49.9 Å². The van der Waals surface area contributed by atoms with E-state index in [1.54, 1.807) is 0 Å². The minimum Gasteiger partial charge on any atom is -0.465 e. The van der Waals surface area contributed by atoms with E-state index in [-0.39, 0.29) is 17.9 Å². The van der Waals surface area contributed by atoms with E-state index in [2.05, 4.69) is 11.0 Å². The molecule has 0 aliphatic carbocycles. The van der Waals surface area contributed by atoms with Crippen LogP contribution in [0.5, 0.6) is 0 Å². The minimum atomic E-state index is -0.183. The van der Waals surface area contributed by atoms with Crippen molar-refractivity contribution in [2.24, 2.45) is 0 Å². The average molecular weight is 330 g/mol. The van der Waals surface area contributed by atoms with Gasteiger partial charge in [0, 0.05) is 25.2 Å². The molecule has 1 saturated heterocycles. The Labute approximate surface area is 143 Å². The molecule has 24 heavy (non-hydrogen) atoms. The summed E-state index contributed by atoms with van der Waals surface area (Å²) in [5.74, 6) is 0.00398. The predicted molar refractivity (Wildman–Crippen MR) is 93.0 cm³/mol. The van der Waals surface area contributed by atoms with E-state index in [0.717, 1.165) is 44.5 Å². The Morgan fingerprint density at radius 1 is 1.21 bits per heavy atom. The van der Waals surface area contributed by atoms with Crippen LogP contribution < -0.4 is 4.90 Å². The first-order valence-electron chi connectivity index (χ1n) is 8.99. The smallest absolute Gasteiger partial charge is 0.323 e. The Hall–Kier alpha value is -1.88. The van der Waals surface area contributed by atoms with E-state index in [1.807, 2.05) is 30.0 Å². The van der Waals surface area contributed by atoms with E-state index in [0.29, 0.717) is 19.6 Å². The summed E-state index contributed by atoms with van der Waals surface area (Å²) in [6.07, 6.45) is 4.34. The summed E-state index contributed by atoms with van der Waals surface area (Å²) in [6.45, 7) is 4.50. The van der Waals surface area contributed by atoms with Crippen molar-refractivity contribution in [2.45, 2.75) is 45.1 Å². The summed E-state index contributed by atoms with van der Waals surface area (Å²) in [5.41, 5.74) is 2.29. The van der Waals surface area contributed by atoms with Crippen LogP contribution in [0.3, 0.4) is 0 Å². The van der Waals surface area contributed by atoms with Gasteiger partial charge in [-0.25, -0.2) is 0 Å². The summed E-state index contributed by atoms with van der Waals surface area (Å²) in [6, 6.07) is 7.92. The van der Waals surface area contributed by atoms with Crippen molar-refractivity contribution in [2.75, 3.05) is 31.1 Å². The van der Waals surface area contributed by atoms with Crippen molar-refractivity contribution in [3.63, 3.8) is 0 Å². The van der Waals surface area contributed by atoms with Gasteiger partial charge in [0.25, 0.3) is 0 Å². The highest BCUT2D eigenvalue weighted by Gasteiger charge is 2.31. The van der Waals surface area contributed by atoms with Crippen LogP contribution in [0, 0.1) is 0 Å². The molecule has 1 atom stereocenters. The highest BCUT2D eigenvalue weighted by Crippen LogP contribution is 2.28. The third kappa shape index (κ3) is 3.61. The zero-order valence-electron chi connectivity index (χ0n) is 14.4. The minimum absolute atomic E-state index is 0.142. The zero-order valence-corrected chi connectivity index (χ0v) is 14.4. The molecular weight excluding hydrogens is 304 g/mol. The SMILES string of the molecule is CCOC(=O)C1CCCCN1CCC(=O)N1CCc2ccccc21. The summed E-state index contributed by atoms with van der Waals surface area (Å²) >= 11 is 0. The van der Waals surface area contributed by atoms with E-state index in [4.69, 9.17) is 4.74 Å². The number of piperidine rings is 1. The van der Waals surface area contributed by atoms with Gasteiger partial charge < -0.3 is 9.64 Å². The summed E-state index contributed by atoms with van der Waals surface area (Å²) in [7, 11) is 0. The summed E-state index contributed by atoms with van der Waals surface area (Å²) < 4.78 is 5.19. The molecule has 5 nitrogen and oxygen atoms in total. The van der Waals surface area contributed by atoms with Gasteiger partial charge in [-0.3, -0.25) is 14.5 Å². The molecule has 2 aliphatic rings. The lowest BCUT2D eigenvalue weighted by atomic mass is 10.0. The Bertz CT molecular complexity index is 602. The van der Waals surface area contributed by atoms with Crippen LogP contribution in [-0.2, 0) is 20.7 Å². The van der Waals surface area contributed by atoms with Gasteiger partial charge in [0.15, 0.2) is 0 Å². The van der Waals surface area contributed by atoms with Gasteiger partial charge in [-0.1, -0.05) is 24.6 Å². The third-order valence-corrected chi connectivity index (χ3v) is 4.97. The molecule has 1 fully saturated rings. The predicted octanol–water partition coefficient (Wildman–Crippen LogP) is 2.38. The van der Waals surface area contributed by atoms with Gasteiger partial charge in [-0.05, 0) is 44.4 Å². The number of hydrogen-bond donors (Lipinski definition) is 0. The number of benzene rings is 1. The molecule has 1 aromatic carbocycles. The summed E-state index contributed by atoms with van der Waals surface area (Å²) in [5, 5.41) is 0. The Morgan fingerprint density at radius 3 is 2.88 bits per heavy atom. The zero-order chi connectivity index (χ0) is 16.9. The van der Waals surface area contributed by atoms with Crippen LogP contribution >= 0.6 is 0 Å². The quantitative estimate of drug-likeness (QED) is 0.778. The van der Waals surface area contributed by atoms with E-state index in [9.17, 15) is 9.59 Å². The summed E-state index contributed by atoms with van der Waals surface area (Å²) in [4.78, 5) is 28.8. The second kappa shape index (κ2) is 7.79. The van der Waals surface area contributed by atoms with Gasteiger partial charge in [0.05, 0.1) is 6.61 Å². The van der Waals surface area contributed by atoms with Gasteiger partial charge in [0.1, 0.15) is 6.04 Å². The highest BCUT2D eigenvalue weighted by atomic mass is 16.5. The van der Waals surface area contributed by atoms with Gasteiger partial charge in [-0.2, -0.15) is 0 Å². The van der Waals surface area contributed by atoms with Crippen molar-refractivity contribution in [3.8, 4) is 0 Å². The molecule has 1 amide bonds. The number of amides is 1. The van der Waals surface area contributed by atoms with E-state index < -0.39 is 0 Å². The molecule has 0 radical (unpaired) electrons. The number of fused-ring (bicyclic) bond motifs is 1. The van der Waals surface area contributed by atoms with Crippen LogP contribution in [0.15, 0.2) is 24.3 Å². The third-order valence-electron chi connectivity index (χ3n) is 4.97. The molecule has 1 unspecified atom stereocenters. The fourth-order valence-electron chi connectivity index (χ4n) is 3.74. The molecule has 0 aromatic heterocycles. The van der Waals surface area contributed by atoms with Gasteiger partial charge in [0.2, 0.25) is 5.91 Å². The van der Waals surface area contributed by atoms with Crippen molar-refractivity contribution in [1.29, 1.82) is 0 Å². The van der Waals surface area contributed by atoms with Crippen LogP contribution in [0.4, 0.5) is 5.69 Å². The molecule has 5 heteroatoms. The number of likely N-dealkylation sites (tertiary alicyclic amines) is 1. The Kier molecular flexibility index (Phi) is 5.51. The van der Waals surface area contributed by atoms with Gasteiger partial charge >= 0.3 is 5.97 Å². The number of carbonyl (C=O) groups excluding carboxylic acids is 2. The molecule has 1 aromatic rings. The number of ether oxygens (including phenoxy) is 1. The molecule has 0 N–H and O–H groups in total. The lowest BCUT2D eigenvalue weighted by molar-refractivity contribution is -0.151. The van der Waals surface area contributed by atoms with Crippen molar-refractivity contribution >= 4 is 17.6 Å². The molecule has 2 aliphatic heterocycles. The van der Waals surface area contributed by atoms with Crippen LogP contribution in [0.1, 0.15) is 38.2 Å². The first-order chi connectivity index (χ1) is 11.7. The largest absolute Gasteiger partial charge is 0.465 e. The molecule has 0 bridgehead atoms. The van der Waals surface area contributed by atoms with Gasteiger partial charge in [-0.15, -0.1) is 0 Å². The average Bonchev–Trinajstić information content (AvgIpc) is 3.04. The number of para-hydroxylation sites is 1. The van der Waals surface area contributed by atoms with Crippen molar-refractivity contribution < 1.29 is 14.3 Å². The Morgan fingerprint density at radius 2 is 2.04 bits per heavy atom. The first kappa shape index (κ1) is 17.0. The molecular formula is C19H26N2O3. The van der Waals surface area contributed by atoms with E-state index >= 15 is 0 Å². The Balaban J connectivity index is 1.58. The fraction of sp³-hybridized carbons (Fsp3) is 0.579. The number of hydrogen-bond acceptors (Lipinski definition) is 4. The highest BCUT2D eigenvalue weighted by molar-refractivity contribution is 5.95. The first-order valence-corrected chi connectivity index (χ1v) is 8.99. The fourth-order valence-corrected chi connectivity index (χ4v) is 3.74. The molecule has 130 valence electrons. The monoisotopic (exact) mass is 330 g/mol. The lowest BCUT2D eigenvalue weighted by Crippen LogP contribution is -2.47. The molecule has 2 heterocycles. The second-order valence-corrected chi connectivity index (χ2v) is 6.47. The van der Waals surface area contributed by atoms with E-state index in [1.165, 1.54) is 5.56 Å². The standard InChI is InChI=1S/C19H26N2O3/c1-2-24-19(23)17-9-5-6-12-20(17)13-11-18(22)21-14-10-15-7-3-4-8-16(15)21/h3-4,7-8,17H,2,5-6,9-14H2,1H3. The number of rotatable bonds is 5. The number of nitrogens with zero attached hydrogens (tertiary/aromatic N) is 2. The lowest BCUT2D eigenvalue weighted by Gasteiger charge is -2.34. The molecule has 0 saturated carbocycles. The van der Waals surface area contributed by atoms with Crippen molar-refractivity contribution in [1.82, 2.24) is 4.90 Å². The van der Waals surface area contributed by atoms with Crippen LogP contribution in [0.2, 0.25) is 0 Å². The maximum atomic E-state index is 12.6. The maximum Gasteiger partial charge on any atom is 0.323 e. The normalized spacial score (nSPS) is 20.7. The van der Waals surface area contributed by atoms with Crippen molar-refractivity contribution in [3.05, 3.63) is 29.8 Å². The number of esters is 1. The molecule has 0 spiro atoms. The van der Waals surface area contributed by atoms with Crippen LogP contribution in [0.25, 0.3) is 0 Å². The second-order valence-electron chi connectivity index (χ2n) is 6.47. The number of carbonyl (C=O) groups is 2. The van der Waals surface area contributed by atoms with Crippen LogP contribution in [-0.4, -0.2) is 49.1 Å². The molecule has 3 rings (SSSR count). The number of anilines is 1. The maximum absolute atomic E-state index is 12.6.